The van der Waals surface area contributed by atoms with E-state index >= 15 is 0 Å². The minimum atomic E-state index is 0.353. The van der Waals surface area contributed by atoms with E-state index in [9.17, 15) is 4.79 Å². The minimum absolute atomic E-state index is 0.353. The maximum atomic E-state index is 11.7. The predicted octanol–water partition coefficient (Wildman–Crippen LogP) is 2.53. The fourth-order valence-electron chi connectivity index (χ4n) is 1.64. The largest absolute Gasteiger partial charge is 0.342 e. The van der Waals surface area contributed by atoms with Gasteiger partial charge in [0.25, 0.3) is 0 Å². The molecule has 0 bridgehead atoms. The van der Waals surface area contributed by atoms with Crippen LogP contribution in [0.25, 0.3) is 0 Å². The number of piperidine rings is 1. The lowest BCUT2D eigenvalue weighted by Gasteiger charge is -2.26. The molecular weight excluding hydrogens is 194 g/mol. The van der Waals surface area contributed by atoms with Crippen molar-refractivity contribution >= 4 is 17.7 Å². The number of likely N-dealkylation sites (tertiary alicyclic amines) is 1. The van der Waals surface area contributed by atoms with Gasteiger partial charge in [-0.25, -0.2) is 0 Å². The minimum Gasteiger partial charge on any atom is -0.342 e. The van der Waals surface area contributed by atoms with E-state index in [0.717, 1.165) is 18.8 Å². The summed E-state index contributed by atoms with van der Waals surface area (Å²) in [4.78, 5) is 13.7. The lowest BCUT2D eigenvalue weighted by atomic mass is 10.1. The lowest BCUT2D eigenvalue weighted by molar-refractivity contribution is -0.129. The Hall–Kier alpha value is -0.180. The third-order valence-electron chi connectivity index (χ3n) is 2.58. The Morgan fingerprint density at radius 1 is 1.29 bits per heavy atom. The van der Waals surface area contributed by atoms with E-state index in [1.165, 1.54) is 32.1 Å². The van der Waals surface area contributed by atoms with Crippen molar-refractivity contribution in [1.29, 1.82) is 0 Å². The normalized spacial score (nSPS) is 17.1. The smallest absolute Gasteiger partial charge is 0.232 e. The van der Waals surface area contributed by atoms with Gasteiger partial charge in [-0.1, -0.05) is 13.3 Å². The fraction of sp³-hybridized carbons (Fsp3) is 0.909. The summed E-state index contributed by atoms with van der Waals surface area (Å²) in [7, 11) is 0. The number of nitrogens with zero attached hydrogens (tertiary/aromatic N) is 1. The van der Waals surface area contributed by atoms with Gasteiger partial charge in [0.2, 0.25) is 5.91 Å². The molecule has 1 heterocycles. The highest BCUT2D eigenvalue weighted by Crippen LogP contribution is 2.11. The summed E-state index contributed by atoms with van der Waals surface area (Å²) in [5.74, 6) is 2.18. The molecule has 0 aliphatic carbocycles. The van der Waals surface area contributed by atoms with Crippen LogP contribution in [0.15, 0.2) is 0 Å². The standard InChI is InChI=1S/C11H21NOS/c1-2-3-9-14-10-11(13)12-7-5-4-6-8-12/h2-10H2,1H3. The highest BCUT2D eigenvalue weighted by atomic mass is 32.2. The van der Waals surface area contributed by atoms with Crippen LogP contribution < -0.4 is 0 Å². The Labute approximate surface area is 91.4 Å². The molecule has 1 aliphatic heterocycles. The zero-order valence-electron chi connectivity index (χ0n) is 9.13. The number of carbonyl (C=O) groups excluding carboxylic acids is 1. The molecule has 2 nitrogen and oxygen atoms in total. The van der Waals surface area contributed by atoms with Gasteiger partial charge in [-0.2, -0.15) is 11.8 Å². The molecule has 1 amide bonds. The Balaban J connectivity index is 2.07. The maximum absolute atomic E-state index is 11.7. The van der Waals surface area contributed by atoms with Crippen LogP contribution in [0.4, 0.5) is 0 Å². The van der Waals surface area contributed by atoms with Crippen molar-refractivity contribution in [3.05, 3.63) is 0 Å². The Morgan fingerprint density at radius 3 is 2.64 bits per heavy atom. The first-order valence-electron chi connectivity index (χ1n) is 5.70. The van der Waals surface area contributed by atoms with Crippen LogP contribution in [-0.2, 0) is 4.79 Å². The molecule has 1 saturated heterocycles. The van der Waals surface area contributed by atoms with E-state index in [4.69, 9.17) is 0 Å². The van der Waals surface area contributed by atoms with Gasteiger partial charge in [-0.3, -0.25) is 4.79 Å². The van der Waals surface area contributed by atoms with Crippen molar-refractivity contribution in [1.82, 2.24) is 4.90 Å². The number of amides is 1. The van der Waals surface area contributed by atoms with Crippen LogP contribution >= 0.6 is 11.8 Å². The molecule has 0 unspecified atom stereocenters. The topological polar surface area (TPSA) is 20.3 Å². The van der Waals surface area contributed by atoms with Gasteiger partial charge in [0.1, 0.15) is 0 Å². The summed E-state index contributed by atoms with van der Waals surface area (Å²) in [6, 6.07) is 0. The molecule has 3 heteroatoms. The number of hydrogen-bond acceptors (Lipinski definition) is 2. The first kappa shape index (κ1) is 11.9. The highest BCUT2D eigenvalue weighted by molar-refractivity contribution is 7.99. The van der Waals surface area contributed by atoms with Crippen molar-refractivity contribution in [3.63, 3.8) is 0 Å². The monoisotopic (exact) mass is 215 g/mol. The maximum Gasteiger partial charge on any atom is 0.232 e. The first-order valence-corrected chi connectivity index (χ1v) is 6.85. The number of rotatable bonds is 5. The molecule has 1 aliphatic rings. The molecule has 82 valence electrons. The van der Waals surface area contributed by atoms with Crippen molar-refractivity contribution in [3.8, 4) is 0 Å². The van der Waals surface area contributed by atoms with Crippen molar-refractivity contribution in [2.45, 2.75) is 39.0 Å². The van der Waals surface area contributed by atoms with Gasteiger partial charge < -0.3 is 4.90 Å². The quantitative estimate of drug-likeness (QED) is 0.657. The third-order valence-corrected chi connectivity index (χ3v) is 3.60. The van der Waals surface area contributed by atoms with Crippen molar-refractivity contribution in [2.75, 3.05) is 24.6 Å². The number of carbonyl (C=O) groups is 1. The number of thioether (sulfide) groups is 1. The molecule has 0 N–H and O–H groups in total. The van der Waals surface area contributed by atoms with Crippen molar-refractivity contribution < 1.29 is 4.79 Å². The van der Waals surface area contributed by atoms with E-state index < -0.39 is 0 Å². The van der Waals surface area contributed by atoms with Crippen LogP contribution in [0.2, 0.25) is 0 Å². The molecule has 0 spiro atoms. The third kappa shape index (κ3) is 4.36. The number of unbranched alkanes of at least 4 members (excludes halogenated alkanes) is 1. The molecule has 1 rings (SSSR count). The average Bonchev–Trinajstić information content (AvgIpc) is 2.25. The second-order valence-corrected chi connectivity index (χ2v) is 4.95. The summed E-state index contributed by atoms with van der Waals surface area (Å²) in [6.45, 7) is 4.17. The van der Waals surface area contributed by atoms with Gasteiger partial charge in [-0.15, -0.1) is 0 Å². The molecule has 14 heavy (non-hydrogen) atoms. The Bertz CT molecular complexity index is 167. The average molecular weight is 215 g/mol. The molecule has 0 aromatic rings. The van der Waals surface area contributed by atoms with E-state index in [0.29, 0.717) is 11.7 Å². The van der Waals surface area contributed by atoms with Crippen LogP contribution in [0.1, 0.15) is 39.0 Å². The Kier molecular flexibility index (Phi) is 6.08. The van der Waals surface area contributed by atoms with Gasteiger partial charge in [0, 0.05) is 13.1 Å². The lowest BCUT2D eigenvalue weighted by Crippen LogP contribution is -2.36. The van der Waals surface area contributed by atoms with Crippen LogP contribution in [0, 0.1) is 0 Å². The second kappa shape index (κ2) is 7.16. The molecule has 0 radical (unpaired) electrons. The van der Waals surface area contributed by atoms with E-state index in [-0.39, 0.29) is 0 Å². The molecule has 0 saturated carbocycles. The van der Waals surface area contributed by atoms with Crippen LogP contribution in [0.3, 0.4) is 0 Å². The molecule has 0 aromatic heterocycles. The molecule has 1 fully saturated rings. The van der Waals surface area contributed by atoms with E-state index in [2.05, 4.69) is 6.92 Å². The zero-order chi connectivity index (χ0) is 10.2. The summed E-state index contributed by atoms with van der Waals surface area (Å²) in [5, 5.41) is 0. The number of hydrogen-bond donors (Lipinski definition) is 0. The van der Waals surface area contributed by atoms with Gasteiger partial charge in [-0.05, 0) is 31.4 Å². The summed E-state index contributed by atoms with van der Waals surface area (Å²) < 4.78 is 0. The van der Waals surface area contributed by atoms with Gasteiger partial charge in [0.05, 0.1) is 5.75 Å². The Morgan fingerprint density at radius 2 is 2.00 bits per heavy atom. The predicted molar refractivity (Wildman–Crippen MR) is 62.7 cm³/mol. The highest BCUT2D eigenvalue weighted by Gasteiger charge is 2.15. The van der Waals surface area contributed by atoms with Crippen LogP contribution in [0.5, 0.6) is 0 Å². The van der Waals surface area contributed by atoms with Crippen molar-refractivity contribution in [2.24, 2.45) is 0 Å². The SMILES string of the molecule is CCCCSCC(=O)N1CCCCC1. The summed E-state index contributed by atoms with van der Waals surface area (Å²) in [6.07, 6.45) is 6.16. The molecular formula is C11H21NOS. The molecule has 0 aromatic carbocycles. The molecule has 0 atom stereocenters. The summed E-state index contributed by atoms with van der Waals surface area (Å²) in [5.41, 5.74) is 0. The van der Waals surface area contributed by atoms with Crippen LogP contribution in [-0.4, -0.2) is 35.4 Å². The van der Waals surface area contributed by atoms with Gasteiger partial charge >= 0.3 is 0 Å². The zero-order valence-corrected chi connectivity index (χ0v) is 9.94. The summed E-state index contributed by atoms with van der Waals surface area (Å²) >= 11 is 1.79. The van der Waals surface area contributed by atoms with Gasteiger partial charge in [0.15, 0.2) is 0 Å². The second-order valence-electron chi connectivity index (χ2n) is 3.85. The van der Waals surface area contributed by atoms with E-state index in [1.54, 1.807) is 11.8 Å². The van der Waals surface area contributed by atoms with E-state index in [1.807, 2.05) is 4.90 Å². The fourth-order valence-corrected chi connectivity index (χ4v) is 2.63. The first-order chi connectivity index (χ1) is 6.84.